The van der Waals surface area contributed by atoms with Crippen LogP contribution in [0, 0.1) is 0 Å². The van der Waals surface area contributed by atoms with Crippen molar-refractivity contribution in [1.82, 2.24) is 0 Å². The van der Waals surface area contributed by atoms with Crippen molar-refractivity contribution in [3.8, 4) is 0 Å². The first-order valence-corrected chi connectivity index (χ1v) is 2.28. The van der Waals surface area contributed by atoms with Gasteiger partial charge in [-0.3, -0.25) is 10.5 Å². The van der Waals surface area contributed by atoms with Crippen LogP contribution < -0.4 is 5.73 Å². The number of hydrogen-bond acceptors (Lipinski definition) is 3. The lowest BCUT2D eigenvalue weighted by Gasteiger charge is -1.94. The monoisotopic (exact) mass is 115 g/mol. The van der Waals surface area contributed by atoms with E-state index in [1.807, 2.05) is 0 Å². The molecule has 0 heterocycles. The molecule has 3 nitrogen and oxygen atoms in total. The van der Waals surface area contributed by atoms with Gasteiger partial charge in [-0.2, -0.15) is 0 Å². The van der Waals surface area contributed by atoms with Crippen LogP contribution in [-0.4, -0.2) is 12.7 Å². The van der Waals surface area contributed by atoms with Crippen molar-refractivity contribution < 1.29 is 9.53 Å². The molecule has 0 saturated carbocycles. The second kappa shape index (κ2) is 4.33. The number of hydrogen-bond donors (Lipinski definition) is 1. The summed E-state index contributed by atoms with van der Waals surface area (Å²) >= 11 is 0. The summed E-state index contributed by atoms with van der Waals surface area (Å²) in [6, 6.07) is 0. The number of rotatable bonds is 3. The van der Waals surface area contributed by atoms with Gasteiger partial charge in [0.05, 0.1) is 6.42 Å². The van der Waals surface area contributed by atoms with Gasteiger partial charge in [-0.1, -0.05) is 6.08 Å². The van der Waals surface area contributed by atoms with Gasteiger partial charge in [0, 0.05) is 0 Å². The lowest BCUT2D eigenvalue weighted by molar-refractivity contribution is -0.142. The lowest BCUT2D eigenvalue weighted by Crippen LogP contribution is -2.10. The molecular formula is C5H9NO2. The minimum atomic E-state index is -0.331. The number of carbonyl (C=O) groups is 1. The van der Waals surface area contributed by atoms with E-state index in [4.69, 9.17) is 5.73 Å². The minimum Gasteiger partial charge on any atom is -0.450 e. The Morgan fingerprint density at radius 1 is 1.88 bits per heavy atom. The molecule has 0 bridgehead atoms. The molecule has 0 atom stereocenters. The van der Waals surface area contributed by atoms with Crippen LogP contribution in [0.2, 0.25) is 0 Å². The van der Waals surface area contributed by atoms with E-state index in [9.17, 15) is 4.79 Å². The molecule has 0 fully saturated rings. The minimum absolute atomic E-state index is 0.0489. The maximum Gasteiger partial charge on any atom is 0.310 e. The van der Waals surface area contributed by atoms with Crippen LogP contribution in [0.3, 0.4) is 0 Å². The Hall–Kier alpha value is -0.830. The smallest absolute Gasteiger partial charge is 0.310 e. The van der Waals surface area contributed by atoms with Crippen molar-refractivity contribution in [3.63, 3.8) is 0 Å². The summed E-state index contributed by atoms with van der Waals surface area (Å²) in [6.45, 7) is 3.29. The summed E-state index contributed by atoms with van der Waals surface area (Å²) < 4.78 is 4.35. The molecule has 0 radical (unpaired) electrons. The summed E-state index contributed by atoms with van der Waals surface area (Å²) in [4.78, 5) is 10.3. The van der Waals surface area contributed by atoms with E-state index in [0.29, 0.717) is 0 Å². The molecule has 0 rings (SSSR count). The highest BCUT2D eigenvalue weighted by molar-refractivity contribution is 5.70. The molecule has 3 heteroatoms. The maximum atomic E-state index is 10.3. The molecule has 8 heavy (non-hydrogen) atoms. The predicted molar refractivity (Wildman–Crippen MR) is 30.0 cm³/mol. The van der Waals surface area contributed by atoms with Crippen molar-refractivity contribution in [3.05, 3.63) is 12.7 Å². The molecule has 2 N–H and O–H groups in total. The molecular weight excluding hydrogens is 106 g/mol. The van der Waals surface area contributed by atoms with Gasteiger partial charge in [-0.25, -0.2) is 0 Å². The van der Waals surface area contributed by atoms with Gasteiger partial charge in [0.1, 0.15) is 6.73 Å². The van der Waals surface area contributed by atoms with E-state index in [2.05, 4.69) is 11.3 Å². The summed E-state index contributed by atoms with van der Waals surface area (Å²) in [5, 5.41) is 0. The zero-order valence-electron chi connectivity index (χ0n) is 4.59. The quantitative estimate of drug-likeness (QED) is 0.320. The summed E-state index contributed by atoms with van der Waals surface area (Å²) in [5.41, 5.74) is 4.88. The summed E-state index contributed by atoms with van der Waals surface area (Å²) in [6.07, 6.45) is 1.70. The summed E-state index contributed by atoms with van der Waals surface area (Å²) in [5.74, 6) is -0.331. The fourth-order valence-electron chi connectivity index (χ4n) is 0.270. The third-order valence-corrected chi connectivity index (χ3v) is 0.555. The van der Waals surface area contributed by atoms with Crippen molar-refractivity contribution in [1.29, 1.82) is 0 Å². The lowest BCUT2D eigenvalue weighted by atomic mass is 10.4. The third-order valence-electron chi connectivity index (χ3n) is 0.555. The zero-order valence-corrected chi connectivity index (χ0v) is 4.59. The number of ether oxygens (including phenoxy) is 1. The first kappa shape index (κ1) is 7.17. The fraction of sp³-hybridized carbons (Fsp3) is 0.400. The molecule has 0 aliphatic rings. The molecule has 0 unspecified atom stereocenters. The fourth-order valence-corrected chi connectivity index (χ4v) is 0.270. The Balaban J connectivity index is 3.18. The van der Waals surface area contributed by atoms with Crippen molar-refractivity contribution >= 4 is 5.97 Å². The highest BCUT2D eigenvalue weighted by Crippen LogP contribution is 1.82. The molecule has 0 aromatic carbocycles. The maximum absolute atomic E-state index is 10.3. The van der Waals surface area contributed by atoms with Crippen molar-refractivity contribution in [2.24, 2.45) is 5.73 Å². The molecule has 0 aliphatic carbocycles. The normalized spacial score (nSPS) is 8.12. The topological polar surface area (TPSA) is 52.3 Å². The third kappa shape index (κ3) is 3.36. The van der Waals surface area contributed by atoms with E-state index in [1.165, 1.54) is 6.08 Å². The van der Waals surface area contributed by atoms with Gasteiger partial charge in [0.15, 0.2) is 0 Å². The predicted octanol–water partition coefficient (Wildman–Crippen LogP) is 0.0219. The van der Waals surface area contributed by atoms with E-state index < -0.39 is 0 Å². The number of nitrogens with two attached hydrogens (primary N) is 1. The van der Waals surface area contributed by atoms with E-state index in [1.54, 1.807) is 0 Å². The molecule has 0 spiro atoms. The van der Waals surface area contributed by atoms with Gasteiger partial charge >= 0.3 is 5.97 Å². The Bertz CT molecular complexity index is 90.4. The molecule has 0 saturated heterocycles. The summed E-state index contributed by atoms with van der Waals surface area (Å²) in [7, 11) is 0. The van der Waals surface area contributed by atoms with Gasteiger partial charge in [-0.05, 0) is 0 Å². The SMILES string of the molecule is C=CCC(=O)OCN. The highest BCUT2D eigenvalue weighted by Gasteiger charge is 1.93. The second-order valence-corrected chi connectivity index (χ2v) is 1.18. The zero-order chi connectivity index (χ0) is 6.41. The van der Waals surface area contributed by atoms with Crippen LogP contribution in [0.15, 0.2) is 12.7 Å². The van der Waals surface area contributed by atoms with Gasteiger partial charge < -0.3 is 4.74 Å². The highest BCUT2D eigenvalue weighted by atomic mass is 16.5. The Morgan fingerprint density at radius 3 is 2.88 bits per heavy atom. The van der Waals surface area contributed by atoms with E-state index >= 15 is 0 Å². The van der Waals surface area contributed by atoms with Crippen LogP contribution in [0.25, 0.3) is 0 Å². The average Bonchev–Trinajstić information content (AvgIpc) is 1.68. The van der Waals surface area contributed by atoms with Crippen molar-refractivity contribution in [2.75, 3.05) is 6.73 Å². The molecule has 0 aromatic heterocycles. The number of esters is 1. The Morgan fingerprint density at radius 2 is 2.50 bits per heavy atom. The Kier molecular flexibility index (Phi) is 3.88. The van der Waals surface area contributed by atoms with Crippen LogP contribution in [0.5, 0.6) is 0 Å². The first-order chi connectivity index (χ1) is 3.81. The molecule has 46 valence electrons. The second-order valence-electron chi connectivity index (χ2n) is 1.18. The van der Waals surface area contributed by atoms with Gasteiger partial charge in [-0.15, -0.1) is 6.58 Å². The standard InChI is InChI=1S/C5H9NO2/c1-2-3-5(7)8-4-6/h2H,1,3-4,6H2. The first-order valence-electron chi connectivity index (χ1n) is 2.28. The van der Waals surface area contributed by atoms with Crippen LogP contribution >= 0.6 is 0 Å². The van der Waals surface area contributed by atoms with E-state index in [-0.39, 0.29) is 19.1 Å². The average molecular weight is 115 g/mol. The largest absolute Gasteiger partial charge is 0.450 e. The van der Waals surface area contributed by atoms with Gasteiger partial charge in [0.2, 0.25) is 0 Å². The molecule has 0 aromatic rings. The van der Waals surface area contributed by atoms with E-state index in [0.717, 1.165) is 0 Å². The molecule has 0 aliphatic heterocycles. The molecule has 0 amide bonds. The van der Waals surface area contributed by atoms with Gasteiger partial charge in [0.25, 0.3) is 0 Å². The van der Waals surface area contributed by atoms with Crippen molar-refractivity contribution in [2.45, 2.75) is 6.42 Å². The van der Waals surface area contributed by atoms with Crippen LogP contribution in [-0.2, 0) is 9.53 Å². The Labute approximate surface area is 48.1 Å². The number of carbonyl (C=O) groups excluding carboxylic acids is 1. The van der Waals surface area contributed by atoms with Crippen LogP contribution in [0.4, 0.5) is 0 Å². The van der Waals surface area contributed by atoms with Crippen LogP contribution in [0.1, 0.15) is 6.42 Å².